The third-order valence-electron chi connectivity index (χ3n) is 5.41. The third kappa shape index (κ3) is 3.57. The van der Waals surface area contributed by atoms with Crippen LogP contribution in [0.5, 0.6) is 0 Å². The molecular formula is C22H24N5O3+. The van der Waals surface area contributed by atoms with Gasteiger partial charge in [-0.2, -0.15) is 5.10 Å². The topological polar surface area (TPSA) is 96.6 Å². The molecule has 2 N–H and O–H groups in total. The van der Waals surface area contributed by atoms with E-state index in [1.165, 1.54) is 17.0 Å². The van der Waals surface area contributed by atoms with E-state index in [1.807, 2.05) is 35.2 Å². The quantitative estimate of drug-likeness (QED) is 0.464. The Morgan fingerprint density at radius 2 is 1.83 bits per heavy atom. The van der Waals surface area contributed by atoms with Gasteiger partial charge in [0.2, 0.25) is 0 Å². The van der Waals surface area contributed by atoms with Crippen molar-refractivity contribution in [1.82, 2.24) is 15.1 Å². The van der Waals surface area contributed by atoms with E-state index in [0.29, 0.717) is 17.9 Å². The largest absolute Gasteiger partial charge is 0.340 e. The number of carbonyl (C=O) groups is 1. The molecule has 1 aliphatic rings. The first-order valence-corrected chi connectivity index (χ1v) is 9.95. The lowest BCUT2D eigenvalue weighted by molar-refractivity contribution is -0.858. The normalized spacial score (nSPS) is 15.6. The second-order valence-corrected chi connectivity index (χ2v) is 7.79. The number of H-pyrrole nitrogens is 1. The minimum atomic E-state index is -0.427. The Morgan fingerprint density at radius 1 is 1.13 bits per heavy atom. The van der Waals surface area contributed by atoms with Gasteiger partial charge in [0.15, 0.2) is 0 Å². The first-order valence-electron chi connectivity index (χ1n) is 9.95. The Kier molecular flexibility index (Phi) is 5.33. The first-order chi connectivity index (χ1) is 14.5. The summed E-state index contributed by atoms with van der Waals surface area (Å²) in [4.78, 5) is 27.0. The zero-order valence-electron chi connectivity index (χ0n) is 17.0. The average Bonchev–Trinajstić information content (AvgIpc) is 3.28. The van der Waals surface area contributed by atoms with E-state index in [-0.39, 0.29) is 17.6 Å². The number of nitro benzene ring substituents is 1. The zero-order valence-corrected chi connectivity index (χ0v) is 17.0. The van der Waals surface area contributed by atoms with E-state index in [9.17, 15) is 14.9 Å². The summed E-state index contributed by atoms with van der Waals surface area (Å²) in [5.74, 6) is -0.0618. The van der Waals surface area contributed by atoms with E-state index in [0.717, 1.165) is 29.7 Å². The number of amides is 1. The Morgan fingerprint density at radius 3 is 2.47 bits per heavy atom. The molecule has 1 aromatic heterocycles. The lowest BCUT2D eigenvalue weighted by atomic mass is 9.96. The SMILES string of the molecule is C[NH+](C)CCCN1C(=O)c2[nH]nc(-c3ccc([N+](=O)[O-])cc3)c2[C@@H]1c1ccccc1. The highest BCUT2D eigenvalue weighted by atomic mass is 16.6. The molecule has 0 aliphatic carbocycles. The minimum Gasteiger partial charge on any atom is -0.340 e. The van der Waals surface area contributed by atoms with Crippen LogP contribution in [0.25, 0.3) is 11.3 Å². The molecule has 0 fully saturated rings. The molecule has 1 aliphatic heterocycles. The number of hydrogen-bond acceptors (Lipinski definition) is 4. The number of aromatic amines is 1. The highest BCUT2D eigenvalue weighted by molar-refractivity contribution is 6.00. The Bertz CT molecular complexity index is 1060. The second kappa shape index (κ2) is 8.08. The predicted octanol–water partition coefficient (Wildman–Crippen LogP) is 2.06. The van der Waals surface area contributed by atoms with Crippen molar-refractivity contribution < 1.29 is 14.6 Å². The van der Waals surface area contributed by atoms with Crippen LogP contribution in [0.3, 0.4) is 0 Å². The van der Waals surface area contributed by atoms with Gasteiger partial charge in [-0.25, -0.2) is 0 Å². The Labute approximate surface area is 174 Å². The molecule has 2 aromatic carbocycles. The van der Waals surface area contributed by atoms with Crippen molar-refractivity contribution in [2.75, 3.05) is 27.2 Å². The lowest BCUT2D eigenvalue weighted by Gasteiger charge is -2.26. The van der Waals surface area contributed by atoms with Gasteiger partial charge in [0.1, 0.15) is 5.69 Å². The van der Waals surface area contributed by atoms with E-state index in [1.54, 1.807) is 12.1 Å². The summed E-state index contributed by atoms with van der Waals surface area (Å²) in [5, 5.41) is 18.3. The van der Waals surface area contributed by atoms with Crippen LogP contribution in [-0.4, -0.2) is 53.1 Å². The number of quaternary nitrogens is 1. The number of aromatic nitrogens is 2. The number of hydrogen-bond donors (Lipinski definition) is 2. The number of fused-ring (bicyclic) bond motifs is 1. The Hall–Kier alpha value is -3.52. The minimum absolute atomic E-state index is 0.0226. The summed E-state index contributed by atoms with van der Waals surface area (Å²) < 4.78 is 0. The molecule has 1 amide bonds. The van der Waals surface area contributed by atoms with Crippen molar-refractivity contribution in [2.24, 2.45) is 0 Å². The van der Waals surface area contributed by atoms with Crippen molar-refractivity contribution in [3.05, 3.63) is 81.5 Å². The van der Waals surface area contributed by atoms with Gasteiger partial charge < -0.3 is 9.80 Å². The number of carbonyl (C=O) groups excluding carboxylic acids is 1. The van der Waals surface area contributed by atoms with E-state index >= 15 is 0 Å². The van der Waals surface area contributed by atoms with Crippen molar-refractivity contribution in [3.63, 3.8) is 0 Å². The fraction of sp³-hybridized carbons (Fsp3) is 0.273. The molecule has 0 saturated heterocycles. The smallest absolute Gasteiger partial charge is 0.273 e. The maximum absolute atomic E-state index is 13.2. The van der Waals surface area contributed by atoms with Crippen molar-refractivity contribution >= 4 is 11.6 Å². The molecule has 2 heterocycles. The lowest BCUT2D eigenvalue weighted by Crippen LogP contribution is -3.05. The highest BCUT2D eigenvalue weighted by Gasteiger charge is 2.41. The number of non-ortho nitro benzene ring substituents is 1. The molecule has 0 spiro atoms. The van der Waals surface area contributed by atoms with Crippen LogP contribution >= 0.6 is 0 Å². The number of nitrogens with one attached hydrogen (secondary N) is 2. The maximum atomic E-state index is 13.2. The van der Waals surface area contributed by atoms with Gasteiger partial charge in [-0.3, -0.25) is 20.0 Å². The van der Waals surface area contributed by atoms with Crippen LogP contribution in [0.4, 0.5) is 5.69 Å². The van der Waals surface area contributed by atoms with Gasteiger partial charge in [-0.1, -0.05) is 30.3 Å². The fourth-order valence-electron chi connectivity index (χ4n) is 3.97. The summed E-state index contributed by atoms with van der Waals surface area (Å²) >= 11 is 0. The van der Waals surface area contributed by atoms with Crippen molar-refractivity contribution in [1.29, 1.82) is 0 Å². The van der Waals surface area contributed by atoms with Crippen LogP contribution in [0.15, 0.2) is 54.6 Å². The molecule has 154 valence electrons. The van der Waals surface area contributed by atoms with Crippen LogP contribution < -0.4 is 4.90 Å². The van der Waals surface area contributed by atoms with Crippen LogP contribution in [0, 0.1) is 10.1 Å². The molecule has 3 aromatic rings. The van der Waals surface area contributed by atoms with Gasteiger partial charge in [0, 0.05) is 36.2 Å². The van der Waals surface area contributed by atoms with Gasteiger partial charge in [0.25, 0.3) is 11.6 Å². The Balaban J connectivity index is 1.75. The van der Waals surface area contributed by atoms with E-state index in [4.69, 9.17) is 0 Å². The van der Waals surface area contributed by atoms with Gasteiger partial charge >= 0.3 is 0 Å². The summed E-state index contributed by atoms with van der Waals surface area (Å²) in [6.45, 7) is 1.61. The van der Waals surface area contributed by atoms with Gasteiger partial charge in [0.05, 0.1) is 37.3 Å². The van der Waals surface area contributed by atoms with Gasteiger partial charge in [-0.05, 0) is 17.7 Å². The summed E-state index contributed by atoms with van der Waals surface area (Å²) in [6, 6.07) is 16.0. The number of nitrogens with zero attached hydrogens (tertiary/aromatic N) is 3. The number of rotatable bonds is 7. The second-order valence-electron chi connectivity index (χ2n) is 7.79. The summed E-state index contributed by atoms with van der Waals surface area (Å²) in [6.07, 6.45) is 0.891. The molecule has 8 nitrogen and oxygen atoms in total. The van der Waals surface area contributed by atoms with Crippen LogP contribution in [0.1, 0.15) is 34.1 Å². The van der Waals surface area contributed by atoms with E-state index in [2.05, 4.69) is 24.3 Å². The molecule has 0 radical (unpaired) electrons. The predicted molar refractivity (Wildman–Crippen MR) is 112 cm³/mol. The van der Waals surface area contributed by atoms with Crippen molar-refractivity contribution in [2.45, 2.75) is 12.5 Å². The van der Waals surface area contributed by atoms with Crippen LogP contribution in [0.2, 0.25) is 0 Å². The maximum Gasteiger partial charge on any atom is 0.273 e. The fourth-order valence-corrected chi connectivity index (χ4v) is 3.97. The zero-order chi connectivity index (χ0) is 21.3. The first kappa shape index (κ1) is 19.8. The molecule has 4 rings (SSSR count). The molecule has 0 unspecified atom stereocenters. The molecule has 0 saturated carbocycles. The summed E-state index contributed by atoms with van der Waals surface area (Å²) in [7, 11) is 4.19. The standard InChI is InChI=1S/C22H23N5O3/c1-25(2)13-6-14-26-21(16-7-4-3-5-8-16)18-19(23-24-20(18)22(26)28)15-9-11-17(12-10-15)27(29)30/h3-5,7-12,21H,6,13-14H2,1-2H3,(H,23,24)/p+1/t21-/m0/s1. The van der Waals surface area contributed by atoms with E-state index < -0.39 is 4.92 Å². The average molecular weight is 406 g/mol. The molecule has 1 atom stereocenters. The molecular weight excluding hydrogens is 382 g/mol. The molecule has 8 heteroatoms. The summed E-state index contributed by atoms with van der Waals surface area (Å²) in [5.41, 5.74) is 3.77. The number of benzene rings is 2. The van der Waals surface area contributed by atoms with Gasteiger partial charge in [-0.15, -0.1) is 0 Å². The third-order valence-corrected chi connectivity index (χ3v) is 5.41. The monoisotopic (exact) mass is 406 g/mol. The highest BCUT2D eigenvalue weighted by Crippen LogP contribution is 2.42. The number of nitro groups is 1. The van der Waals surface area contributed by atoms with Crippen molar-refractivity contribution in [3.8, 4) is 11.3 Å². The van der Waals surface area contributed by atoms with Crippen LogP contribution in [-0.2, 0) is 0 Å². The molecule has 30 heavy (non-hydrogen) atoms. The molecule has 0 bridgehead atoms.